The van der Waals surface area contributed by atoms with Gasteiger partial charge in [-0.2, -0.15) is 0 Å². The Bertz CT molecular complexity index is 725. The molecule has 7 heteroatoms. The molecule has 132 valence electrons. The summed E-state index contributed by atoms with van der Waals surface area (Å²) in [7, 11) is 0. The minimum atomic E-state index is -0.161. The molecule has 3 N–H and O–H groups in total. The topological polar surface area (TPSA) is 84.1 Å². The van der Waals surface area contributed by atoms with Gasteiger partial charge in [-0.1, -0.05) is 13.8 Å². The first-order valence-corrected chi connectivity index (χ1v) is 9.11. The summed E-state index contributed by atoms with van der Waals surface area (Å²) in [5.74, 6) is 1.62. The monoisotopic (exact) mass is 349 g/mol. The lowest BCUT2D eigenvalue weighted by Gasteiger charge is -2.34. The van der Waals surface area contributed by atoms with Crippen molar-refractivity contribution in [3.8, 4) is 0 Å². The van der Waals surface area contributed by atoms with Gasteiger partial charge in [-0.25, -0.2) is 9.97 Å². The van der Waals surface area contributed by atoms with E-state index in [-0.39, 0.29) is 14.5 Å². The van der Waals surface area contributed by atoms with E-state index in [0.29, 0.717) is 22.5 Å². The molecule has 0 spiro atoms. The van der Waals surface area contributed by atoms with Crippen molar-refractivity contribution >= 4 is 28.8 Å². The Morgan fingerprint density at radius 1 is 1.58 bits per heavy atom. The third kappa shape index (κ3) is 3.73. The second-order valence-electron chi connectivity index (χ2n) is 6.50. The van der Waals surface area contributed by atoms with E-state index in [1.54, 1.807) is 18.3 Å². The van der Waals surface area contributed by atoms with Crippen molar-refractivity contribution in [1.82, 2.24) is 15.3 Å². The van der Waals surface area contributed by atoms with Crippen LogP contribution < -0.4 is 16.0 Å². The summed E-state index contributed by atoms with van der Waals surface area (Å²) in [6.45, 7) is 7.23. The fourth-order valence-corrected chi connectivity index (χ4v) is 3.78. The van der Waals surface area contributed by atoms with Crippen LogP contribution in [0.15, 0.2) is 23.7 Å². The Labute approximate surface area is 149 Å². The van der Waals surface area contributed by atoms with E-state index < -0.39 is 0 Å². The van der Waals surface area contributed by atoms with Gasteiger partial charge in [0.2, 0.25) is 5.78 Å². The van der Waals surface area contributed by atoms with Crippen LogP contribution in [0.25, 0.3) is 0 Å². The van der Waals surface area contributed by atoms with Crippen molar-refractivity contribution in [2.45, 2.75) is 26.3 Å². The molecule has 1 fully saturated rings. The van der Waals surface area contributed by atoms with Gasteiger partial charge in [0.1, 0.15) is 11.6 Å². The third-order valence-electron chi connectivity index (χ3n) is 4.10. The largest absolute Gasteiger partial charge is 0.383 e. The van der Waals surface area contributed by atoms with Crippen molar-refractivity contribution in [2.24, 2.45) is 5.92 Å². The Morgan fingerprint density at radius 3 is 3.17 bits per heavy atom. The molecular formula is C17H27N5OS. The number of piperazine rings is 1. The predicted molar refractivity (Wildman–Crippen MR) is 102 cm³/mol. The molecule has 6 nitrogen and oxygen atoms in total. The number of nitrogen functional groups attached to an aromatic ring is 1. The molecule has 0 saturated carbocycles. The number of hydrogen-bond acceptors (Lipinski definition) is 7. The van der Waals surface area contributed by atoms with Crippen LogP contribution in [0.1, 0.15) is 38.5 Å². The first-order valence-electron chi connectivity index (χ1n) is 8.23. The fraction of sp³-hybridized carbons (Fsp3) is 0.471. The van der Waals surface area contributed by atoms with Gasteiger partial charge in [-0.3, -0.25) is 4.79 Å². The number of carbonyl (C=O) groups excluding carboxylic acids is 1. The van der Waals surface area contributed by atoms with Crippen LogP contribution in [0.3, 0.4) is 0 Å². The zero-order chi connectivity index (χ0) is 17.1. The summed E-state index contributed by atoms with van der Waals surface area (Å²) < 4.78 is 0. The predicted octanol–water partition coefficient (Wildman–Crippen LogP) is 2.67. The van der Waals surface area contributed by atoms with Gasteiger partial charge in [0.05, 0.1) is 5.56 Å². The van der Waals surface area contributed by atoms with E-state index in [1.807, 2.05) is 5.38 Å². The summed E-state index contributed by atoms with van der Waals surface area (Å²) in [5, 5.41) is 5.97. The maximum atomic E-state index is 12.6. The highest BCUT2D eigenvalue weighted by atomic mass is 32.1. The van der Waals surface area contributed by atoms with Crippen molar-refractivity contribution in [3.05, 3.63) is 34.3 Å². The Kier molecular flexibility index (Phi) is 5.11. The number of aromatic nitrogens is 2. The number of hydrogen-bond donors (Lipinski definition) is 2. The summed E-state index contributed by atoms with van der Waals surface area (Å²) in [6.07, 6.45) is 2.72. The van der Waals surface area contributed by atoms with Crippen LogP contribution in [-0.2, 0) is 0 Å². The van der Waals surface area contributed by atoms with E-state index in [2.05, 4.69) is 34.0 Å². The highest BCUT2D eigenvalue weighted by molar-refractivity contribution is 7.12. The highest BCUT2D eigenvalue weighted by Crippen LogP contribution is 2.24. The average molecular weight is 350 g/mol. The number of nitrogens with zero attached hydrogens (tertiary/aromatic N) is 3. The first-order chi connectivity index (χ1) is 11.5. The number of ketones is 1. The Balaban J connectivity index is 0.00000169. The lowest BCUT2D eigenvalue weighted by atomic mass is 10.0. The zero-order valence-corrected chi connectivity index (χ0v) is 14.8. The molecule has 1 saturated heterocycles. The minimum absolute atomic E-state index is 0. The normalized spacial score (nSPS) is 18.1. The van der Waals surface area contributed by atoms with Crippen molar-refractivity contribution in [1.29, 1.82) is 0 Å². The fourth-order valence-electron chi connectivity index (χ4n) is 3.00. The summed E-state index contributed by atoms with van der Waals surface area (Å²) in [6, 6.07) is 3.87. The van der Waals surface area contributed by atoms with Gasteiger partial charge in [0.15, 0.2) is 5.01 Å². The highest BCUT2D eigenvalue weighted by Gasteiger charge is 2.23. The molecule has 1 aliphatic heterocycles. The maximum absolute atomic E-state index is 12.6. The lowest BCUT2D eigenvalue weighted by molar-refractivity contribution is 0.103. The number of nitrogens with one attached hydrogen (secondary N) is 1. The van der Waals surface area contributed by atoms with Crippen LogP contribution in [-0.4, -0.2) is 41.4 Å². The number of thiazole rings is 1. The zero-order valence-electron chi connectivity index (χ0n) is 14.0. The van der Waals surface area contributed by atoms with E-state index >= 15 is 0 Å². The molecule has 0 bridgehead atoms. The van der Waals surface area contributed by atoms with Gasteiger partial charge in [0.25, 0.3) is 0 Å². The van der Waals surface area contributed by atoms with Crippen LogP contribution in [0.4, 0.5) is 11.6 Å². The Hall–Kier alpha value is -1.99. The summed E-state index contributed by atoms with van der Waals surface area (Å²) in [5.41, 5.74) is 6.21. The smallest absolute Gasteiger partial charge is 0.225 e. The van der Waals surface area contributed by atoms with Gasteiger partial charge >= 0.3 is 0 Å². The average Bonchev–Trinajstić information content (AvgIpc) is 3.04. The number of anilines is 2. The van der Waals surface area contributed by atoms with Gasteiger partial charge in [-0.05, 0) is 24.5 Å². The van der Waals surface area contributed by atoms with E-state index in [0.717, 1.165) is 31.9 Å². The van der Waals surface area contributed by atoms with Crippen LogP contribution >= 0.6 is 11.3 Å². The van der Waals surface area contributed by atoms with Crippen molar-refractivity contribution < 1.29 is 7.65 Å². The second-order valence-corrected chi connectivity index (χ2v) is 7.36. The lowest BCUT2D eigenvalue weighted by Crippen LogP contribution is -2.51. The molecule has 3 heterocycles. The van der Waals surface area contributed by atoms with Crippen LogP contribution in [0, 0.1) is 5.92 Å². The molecule has 0 unspecified atom stereocenters. The van der Waals surface area contributed by atoms with Crippen LogP contribution in [0.5, 0.6) is 0 Å². The molecule has 2 aromatic heterocycles. The SMILES string of the molecule is CC(C)C[C@H]1CN(c2csc(C(=O)c3cccnc3N)n2)CCN1.[HH].[HH]. The molecule has 3 rings (SSSR count). The molecule has 0 aromatic carbocycles. The molecule has 2 aromatic rings. The maximum Gasteiger partial charge on any atom is 0.225 e. The Morgan fingerprint density at radius 2 is 2.42 bits per heavy atom. The van der Waals surface area contributed by atoms with E-state index in [9.17, 15) is 4.79 Å². The molecule has 24 heavy (non-hydrogen) atoms. The van der Waals surface area contributed by atoms with E-state index in [1.165, 1.54) is 11.3 Å². The molecule has 1 aliphatic rings. The first kappa shape index (κ1) is 16.9. The molecule has 1 atom stereocenters. The summed E-state index contributed by atoms with van der Waals surface area (Å²) in [4.78, 5) is 23.3. The number of nitrogens with two attached hydrogens (primary N) is 1. The van der Waals surface area contributed by atoms with Crippen molar-refractivity contribution in [2.75, 3.05) is 30.3 Å². The minimum Gasteiger partial charge on any atom is -0.383 e. The van der Waals surface area contributed by atoms with Crippen molar-refractivity contribution in [3.63, 3.8) is 0 Å². The number of rotatable bonds is 5. The standard InChI is InChI=1S/C17H23N5OS.2H2/c1-11(2)8-12-9-22(7-6-19-12)14-10-24-17(21-14)15(23)13-4-3-5-20-16(13)18;;/h3-5,10-12,19H,6-9H2,1-2H3,(H2,18,20);2*1H/t12-;;/m0../s1. The van der Waals surface area contributed by atoms with Gasteiger partial charge in [0, 0.05) is 40.1 Å². The molecule has 0 amide bonds. The molecule has 0 radical (unpaired) electrons. The van der Waals surface area contributed by atoms with Gasteiger partial charge < -0.3 is 16.0 Å². The summed E-state index contributed by atoms with van der Waals surface area (Å²) >= 11 is 1.36. The molecule has 0 aliphatic carbocycles. The van der Waals surface area contributed by atoms with E-state index in [4.69, 9.17) is 5.73 Å². The quantitative estimate of drug-likeness (QED) is 0.808. The van der Waals surface area contributed by atoms with Crippen LogP contribution in [0.2, 0.25) is 0 Å². The van der Waals surface area contributed by atoms with Gasteiger partial charge in [-0.15, -0.1) is 11.3 Å². The second kappa shape index (κ2) is 7.27. The third-order valence-corrected chi connectivity index (χ3v) is 4.93. The number of carbonyl (C=O) groups is 1. The number of pyridine rings is 1. The molecular weight excluding hydrogens is 322 g/mol.